The fourth-order valence-corrected chi connectivity index (χ4v) is 0.763. The van der Waals surface area contributed by atoms with Gasteiger partial charge in [-0.15, -0.1) is 0 Å². The number of esters is 1. The molecule has 0 atom stereocenters. The average molecular weight is 169 g/mol. The zero-order chi connectivity index (χ0) is 8.97. The molecule has 0 amide bonds. The van der Waals surface area contributed by atoms with Crippen molar-refractivity contribution in [1.82, 2.24) is 5.16 Å². The summed E-state index contributed by atoms with van der Waals surface area (Å²) in [6, 6.07) is 1.78. The SMILES string of the molecule is CCc1cc(COC(C)=O)on1. The monoisotopic (exact) mass is 169 g/mol. The highest BCUT2D eigenvalue weighted by molar-refractivity contribution is 5.65. The van der Waals surface area contributed by atoms with Gasteiger partial charge in [0.25, 0.3) is 0 Å². The Morgan fingerprint density at radius 2 is 2.50 bits per heavy atom. The number of ether oxygens (including phenoxy) is 1. The number of carbonyl (C=O) groups excluding carboxylic acids is 1. The van der Waals surface area contributed by atoms with Gasteiger partial charge in [0.15, 0.2) is 12.4 Å². The summed E-state index contributed by atoms with van der Waals surface area (Å²) in [4.78, 5) is 10.4. The van der Waals surface area contributed by atoms with E-state index in [0.29, 0.717) is 5.76 Å². The minimum absolute atomic E-state index is 0.169. The van der Waals surface area contributed by atoms with Crippen LogP contribution in [0.3, 0.4) is 0 Å². The van der Waals surface area contributed by atoms with E-state index < -0.39 is 0 Å². The van der Waals surface area contributed by atoms with Gasteiger partial charge < -0.3 is 9.26 Å². The largest absolute Gasteiger partial charge is 0.458 e. The molecule has 1 aromatic heterocycles. The molecule has 66 valence electrons. The van der Waals surface area contributed by atoms with Gasteiger partial charge >= 0.3 is 5.97 Å². The second-order valence-electron chi connectivity index (χ2n) is 2.42. The molecule has 0 saturated carbocycles. The van der Waals surface area contributed by atoms with Gasteiger partial charge in [0.1, 0.15) is 0 Å². The molecule has 0 unspecified atom stereocenters. The number of aromatic nitrogens is 1. The molecule has 0 fully saturated rings. The third kappa shape index (κ3) is 2.38. The lowest BCUT2D eigenvalue weighted by Gasteiger charge is -1.94. The van der Waals surface area contributed by atoms with Crippen LogP contribution in [0.1, 0.15) is 25.3 Å². The fourth-order valence-electron chi connectivity index (χ4n) is 0.763. The van der Waals surface area contributed by atoms with E-state index in [0.717, 1.165) is 12.1 Å². The van der Waals surface area contributed by atoms with E-state index in [1.54, 1.807) is 6.07 Å². The third-order valence-electron chi connectivity index (χ3n) is 1.39. The topological polar surface area (TPSA) is 52.3 Å². The Labute approximate surface area is 70.5 Å². The lowest BCUT2D eigenvalue weighted by atomic mass is 10.3. The Morgan fingerprint density at radius 3 is 3.00 bits per heavy atom. The van der Waals surface area contributed by atoms with Crippen molar-refractivity contribution in [2.24, 2.45) is 0 Å². The van der Waals surface area contributed by atoms with Crippen molar-refractivity contribution in [2.75, 3.05) is 0 Å². The first-order valence-electron chi connectivity index (χ1n) is 3.80. The highest BCUT2D eigenvalue weighted by Crippen LogP contribution is 2.05. The van der Waals surface area contributed by atoms with Crippen LogP contribution in [-0.4, -0.2) is 11.1 Å². The molecule has 1 heterocycles. The van der Waals surface area contributed by atoms with Gasteiger partial charge in [-0.05, 0) is 6.42 Å². The van der Waals surface area contributed by atoms with Crippen molar-refractivity contribution in [3.63, 3.8) is 0 Å². The Balaban J connectivity index is 2.47. The molecule has 1 rings (SSSR count). The number of aryl methyl sites for hydroxylation is 1. The summed E-state index contributed by atoms with van der Waals surface area (Å²) in [6.07, 6.45) is 0.823. The second kappa shape index (κ2) is 3.90. The van der Waals surface area contributed by atoms with E-state index in [1.807, 2.05) is 6.92 Å². The van der Waals surface area contributed by atoms with Gasteiger partial charge in [0.05, 0.1) is 5.69 Å². The lowest BCUT2D eigenvalue weighted by molar-refractivity contribution is -0.142. The van der Waals surface area contributed by atoms with E-state index >= 15 is 0 Å². The first kappa shape index (κ1) is 8.77. The maximum atomic E-state index is 10.4. The van der Waals surface area contributed by atoms with E-state index in [1.165, 1.54) is 6.92 Å². The summed E-state index contributed by atoms with van der Waals surface area (Å²) in [6.45, 7) is 3.51. The van der Waals surface area contributed by atoms with Crippen LogP contribution in [0.5, 0.6) is 0 Å². The maximum absolute atomic E-state index is 10.4. The molecular weight excluding hydrogens is 158 g/mol. The van der Waals surface area contributed by atoms with Crippen LogP contribution in [0.4, 0.5) is 0 Å². The van der Waals surface area contributed by atoms with Crippen LogP contribution in [-0.2, 0) is 22.6 Å². The molecule has 4 heteroatoms. The smallest absolute Gasteiger partial charge is 0.303 e. The summed E-state index contributed by atoms with van der Waals surface area (Å²) >= 11 is 0. The van der Waals surface area contributed by atoms with Crippen molar-refractivity contribution in [1.29, 1.82) is 0 Å². The molecule has 0 N–H and O–H groups in total. The normalized spacial score (nSPS) is 9.83. The minimum Gasteiger partial charge on any atom is -0.458 e. The maximum Gasteiger partial charge on any atom is 0.303 e. The first-order chi connectivity index (χ1) is 5.72. The number of hydrogen-bond acceptors (Lipinski definition) is 4. The molecule has 1 aromatic rings. The van der Waals surface area contributed by atoms with Crippen LogP contribution >= 0.6 is 0 Å². The Morgan fingerprint density at radius 1 is 1.75 bits per heavy atom. The Bertz CT molecular complexity index is 267. The predicted molar refractivity (Wildman–Crippen MR) is 41.4 cm³/mol. The highest BCUT2D eigenvalue weighted by Gasteiger charge is 2.03. The molecule has 0 aliphatic carbocycles. The zero-order valence-electron chi connectivity index (χ0n) is 7.16. The van der Waals surface area contributed by atoms with Crippen molar-refractivity contribution in [2.45, 2.75) is 26.9 Å². The average Bonchev–Trinajstić information content (AvgIpc) is 2.48. The number of nitrogens with zero attached hydrogens (tertiary/aromatic N) is 1. The number of carbonyl (C=O) groups is 1. The highest BCUT2D eigenvalue weighted by atomic mass is 16.5. The molecule has 0 aliphatic heterocycles. The molecular formula is C8H11NO3. The molecule has 12 heavy (non-hydrogen) atoms. The summed E-state index contributed by atoms with van der Waals surface area (Å²) in [5.74, 6) is 0.270. The fraction of sp³-hybridized carbons (Fsp3) is 0.500. The quantitative estimate of drug-likeness (QED) is 0.640. The summed E-state index contributed by atoms with van der Waals surface area (Å²) in [5, 5.41) is 3.75. The molecule has 0 radical (unpaired) electrons. The summed E-state index contributed by atoms with van der Waals surface area (Å²) in [5.41, 5.74) is 0.872. The van der Waals surface area contributed by atoms with E-state index in [2.05, 4.69) is 5.16 Å². The van der Waals surface area contributed by atoms with Gasteiger partial charge in [-0.1, -0.05) is 12.1 Å². The minimum atomic E-state index is -0.315. The van der Waals surface area contributed by atoms with E-state index in [4.69, 9.17) is 9.26 Å². The Hall–Kier alpha value is -1.32. The molecule has 0 spiro atoms. The first-order valence-corrected chi connectivity index (χ1v) is 3.80. The zero-order valence-corrected chi connectivity index (χ0v) is 7.16. The van der Waals surface area contributed by atoms with Crippen LogP contribution in [0.15, 0.2) is 10.6 Å². The third-order valence-corrected chi connectivity index (χ3v) is 1.39. The van der Waals surface area contributed by atoms with Gasteiger partial charge in [0, 0.05) is 13.0 Å². The van der Waals surface area contributed by atoms with Gasteiger partial charge in [-0.2, -0.15) is 0 Å². The van der Waals surface area contributed by atoms with Crippen LogP contribution in [0.25, 0.3) is 0 Å². The number of hydrogen-bond donors (Lipinski definition) is 0. The van der Waals surface area contributed by atoms with Crippen molar-refractivity contribution in [3.05, 3.63) is 17.5 Å². The molecule has 0 saturated heterocycles. The van der Waals surface area contributed by atoms with Crippen molar-refractivity contribution >= 4 is 5.97 Å². The van der Waals surface area contributed by atoms with Gasteiger partial charge in [-0.25, -0.2) is 0 Å². The molecule has 4 nitrogen and oxygen atoms in total. The van der Waals surface area contributed by atoms with E-state index in [-0.39, 0.29) is 12.6 Å². The second-order valence-corrected chi connectivity index (χ2v) is 2.42. The van der Waals surface area contributed by atoms with Crippen molar-refractivity contribution < 1.29 is 14.1 Å². The standard InChI is InChI=1S/C8H11NO3/c1-3-7-4-8(12-9-7)5-11-6(2)10/h4H,3,5H2,1-2H3. The van der Waals surface area contributed by atoms with Crippen molar-refractivity contribution in [3.8, 4) is 0 Å². The molecule has 0 aliphatic rings. The Kier molecular flexibility index (Phi) is 2.85. The van der Waals surface area contributed by atoms with Gasteiger partial charge in [-0.3, -0.25) is 4.79 Å². The van der Waals surface area contributed by atoms with Crippen LogP contribution in [0, 0.1) is 0 Å². The lowest BCUT2D eigenvalue weighted by Crippen LogP contribution is -1.97. The van der Waals surface area contributed by atoms with E-state index in [9.17, 15) is 4.79 Å². The molecule has 0 aromatic carbocycles. The molecule has 0 bridgehead atoms. The van der Waals surface area contributed by atoms with Crippen LogP contribution in [0.2, 0.25) is 0 Å². The predicted octanol–water partition coefficient (Wildman–Crippen LogP) is 1.30. The van der Waals surface area contributed by atoms with Crippen LogP contribution < -0.4 is 0 Å². The summed E-state index contributed by atoms with van der Waals surface area (Å²) < 4.78 is 9.59. The number of rotatable bonds is 3. The van der Waals surface area contributed by atoms with Gasteiger partial charge in [0.2, 0.25) is 0 Å². The summed E-state index contributed by atoms with van der Waals surface area (Å²) in [7, 11) is 0.